The molecule has 1 atom stereocenters. The van der Waals surface area contributed by atoms with E-state index in [0.29, 0.717) is 5.09 Å². The lowest BCUT2D eigenvalue weighted by Gasteiger charge is -2.69. The van der Waals surface area contributed by atoms with E-state index < -0.39 is 10.8 Å². The van der Waals surface area contributed by atoms with Crippen LogP contribution in [-0.2, 0) is 16.2 Å². The molecular weight excluding hydrogens is 392 g/mol. The van der Waals surface area contributed by atoms with Crippen LogP contribution in [0, 0.1) is 0 Å². The number of benzene rings is 1. The first-order chi connectivity index (χ1) is 12.4. The summed E-state index contributed by atoms with van der Waals surface area (Å²) in [5.41, 5.74) is 0.904. The number of rotatable bonds is 4. The number of fused-ring (bicyclic) bond motifs is 1. The van der Waals surface area contributed by atoms with Gasteiger partial charge in [-0.2, -0.15) is 0 Å². The monoisotopic (exact) mass is 406 g/mol. The molecule has 1 aromatic carbocycles. The molecule has 1 N–H and O–H groups in total. The molecule has 1 unspecified atom stereocenters. The summed E-state index contributed by atoms with van der Waals surface area (Å²) in [5.74, 6) is -0.0327. The minimum absolute atomic E-state index is 0.0860. The van der Waals surface area contributed by atoms with Gasteiger partial charge in [0.2, 0.25) is 0 Å². The second-order valence-electron chi connectivity index (χ2n) is 7.25. The summed E-state index contributed by atoms with van der Waals surface area (Å²) < 4.78 is 17.9. The summed E-state index contributed by atoms with van der Waals surface area (Å²) in [6, 6.07) is 8.92. The van der Waals surface area contributed by atoms with Crippen molar-refractivity contribution in [1.29, 1.82) is 0 Å². The van der Waals surface area contributed by atoms with E-state index >= 15 is 0 Å². The van der Waals surface area contributed by atoms with Crippen LogP contribution in [-0.4, -0.2) is 26.9 Å². The van der Waals surface area contributed by atoms with Gasteiger partial charge in [-0.1, -0.05) is 11.6 Å². The predicted octanol–water partition coefficient (Wildman–Crippen LogP) is 3.88. The van der Waals surface area contributed by atoms with Gasteiger partial charge in [-0.25, -0.2) is 4.98 Å². The molecular formula is C18H15ClN2O3S2. The summed E-state index contributed by atoms with van der Waals surface area (Å²) >= 11 is 7.75. The van der Waals surface area contributed by atoms with Crippen molar-refractivity contribution >= 4 is 49.9 Å². The van der Waals surface area contributed by atoms with E-state index in [2.05, 4.69) is 5.32 Å². The maximum atomic E-state index is 12.4. The number of nitrogens with zero attached hydrogens (tertiary/aromatic N) is 1. The van der Waals surface area contributed by atoms with Crippen LogP contribution in [0.4, 0.5) is 0 Å². The van der Waals surface area contributed by atoms with E-state index in [1.807, 2.05) is 18.2 Å². The summed E-state index contributed by atoms with van der Waals surface area (Å²) in [5, 5.41) is 5.26. The number of thiazole rings is 1. The Morgan fingerprint density at radius 2 is 2.08 bits per heavy atom. The topological polar surface area (TPSA) is 72.2 Å². The van der Waals surface area contributed by atoms with Crippen molar-refractivity contribution in [2.75, 3.05) is 6.26 Å². The molecule has 6 rings (SSSR count). The average Bonchev–Trinajstić information content (AvgIpc) is 3.15. The van der Waals surface area contributed by atoms with Gasteiger partial charge >= 0.3 is 0 Å². The van der Waals surface area contributed by atoms with Gasteiger partial charge in [0, 0.05) is 22.2 Å². The number of nitrogens with one attached hydrogen (secondary N) is 1. The fourth-order valence-electron chi connectivity index (χ4n) is 4.17. The zero-order valence-electron chi connectivity index (χ0n) is 13.9. The molecule has 1 amide bonds. The maximum absolute atomic E-state index is 12.4. The van der Waals surface area contributed by atoms with Gasteiger partial charge in [-0.05, 0) is 49.6 Å². The average molecular weight is 407 g/mol. The summed E-state index contributed by atoms with van der Waals surface area (Å²) in [7, 11) is -1.23. The highest BCUT2D eigenvalue weighted by Gasteiger charge is 2.70. The van der Waals surface area contributed by atoms with Crippen molar-refractivity contribution in [2.45, 2.75) is 35.3 Å². The van der Waals surface area contributed by atoms with Crippen LogP contribution < -0.4 is 5.32 Å². The number of carbonyl (C=O) groups excluding carboxylic acids is 1. The largest absolute Gasteiger partial charge is 0.442 e. The Balaban J connectivity index is 1.30. The lowest BCUT2D eigenvalue weighted by molar-refractivity contribution is -0.0811. The van der Waals surface area contributed by atoms with Crippen molar-refractivity contribution in [3.8, 4) is 0 Å². The fraction of sp³-hybridized carbons (Fsp3) is 0.333. The highest BCUT2D eigenvalue weighted by Crippen LogP contribution is 2.68. The molecule has 0 aliphatic heterocycles. The van der Waals surface area contributed by atoms with Gasteiger partial charge in [-0.3, -0.25) is 9.00 Å². The SMILES string of the molecule is CS(=O)c1ccc(C(=O)NC23CC(c4nc5ccc(Cl)cc5s4)(C2)C3)o1. The molecule has 3 aliphatic carbocycles. The lowest BCUT2D eigenvalue weighted by atomic mass is 9.39. The third kappa shape index (κ3) is 2.37. The predicted molar refractivity (Wildman–Crippen MR) is 101 cm³/mol. The van der Waals surface area contributed by atoms with Crippen LogP contribution in [0.1, 0.15) is 34.8 Å². The Hall–Kier alpha value is -1.70. The molecule has 8 heteroatoms. The number of halogens is 1. The molecule has 0 spiro atoms. The van der Waals surface area contributed by atoms with E-state index in [1.165, 1.54) is 6.26 Å². The quantitative estimate of drug-likeness (QED) is 0.713. The van der Waals surface area contributed by atoms with E-state index in [4.69, 9.17) is 21.0 Å². The smallest absolute Gasteiger partial charge is 0.287 e. The van der Waals surface area contributed by atoms with Crippen molar-refractivity contribution in [3.63, 3.8) is 0 Å². The van der Waals surface area contributed by atoms with Gasteiger partial charge in [0.15, 0.2) is 10.9 Å². The summed E-state index contributed by atoms with van der Waals surface area (Å²) in [6.45, 7) is 0. The highest BCUT2D eigenvalue weighted by molar-refractivity contribution is 7.84. The van der Waals surface area contributed by atoms with Crippen LogP contribution >= 0.6 is 22.9 Å². The zero-order valence-corrected chi connectivity index (χ0v) is 16.3. The van der Waals surface area contributed by atoms with Crippen LogP contribution in [0.15, 0.2) is 39.8 Å². The number of hydrogen-bond acceptors (Lipinski definition) is 5. The molecule has 3 aromatic rings. The minimum Gasteiger partial charge on any atom is -0.442 e. The van der Waals surface area contributed by atoms with Crippen molar-refractivity contribution < 1.29 is 13.4 Å². The van der Waals surface area contributed by atoms with Crippen molar-refractivity contribution in [2.24, 2.45) is 0 Å². The van der Waals surface area contributed by atoms with Crippen LogP contribution in [0.25, 0.3) is 10.2 Å². The molecule has 2 heterocycles. The fourth-order valence-corrected chi connectivity index (χ4v) is 6.06. The first-order valence-corrected chi connectivity index (χ1v) is 11.0. The standard InChI is InChI=1S/C18H15ClN2O3S2/c1-26(23)14-5-4-12(24-14)15(22)21-18-7-17(8-18,9-18)16-20-11-3-2-10(19)6-13(11)25-16/h2-6H,7-9H2,1H3,(H,21,22). The zero-order chi connectivity index (χ0) is 18.1. The molecule has 5 nitrogen and oxygen atoms in total. The Kier molecular flexibility index (Phi) is 3.42. The van der Waals surface area contributed by atoms with Crippen LogP contribution in [0.3, 0.4) is 0 Å². The summed E-state index contributed by atoms with van der Waals surface area (Å²) in [4.78, 5) is 17.2. The second-order valence-corrected chi connectivity index (χ2v) is 10.0. The maximum Gasteiger partial charge on any atom is 0.287 e. The van der Waals surface area contributed by atoms with Crippen LogP contribution in [0.5, 0.6) is 0 Å². The van der Waals surface area contributed by atoms with E-state index in [1.54, 1.807) is 23.5 Å². The minimum atomic E-state index is -1.23. The van der Waals surface area contributed by atoms with Gasteiger partial charge in [0.25, 0.3) is 5.91 Å². The van der Waals surface area contributed by atoms with E-state index in [0.717, 1.165) is 39.5 Å². The molecule has 3 aliphatic rings. The Morgan fingerprint density at radius 3 is 2.77 bits per heavy atom. The molecule has 2 aromatic heterocycles. The van der Waals surface area contributed by atoms with E-state index in [-0.39, 0.29) is 22.6 Å². The molecule has 0 radical (unpaired) electrons. The summed E-state index contributed by atoms with van der Waals surface area (Å²) in [6.07, 6.45) is 4.21. The van der Waals surface area contributed by atoms with Gasteiger partial charge < -0.3 is 9.73 Å². The number of hydrogen-bond donors (Lipinski definition) is 1. The number of aromatic nitrogens is 1. The first-order valence-electron chi connectivity index (χ1n) is 8.21. The normalized spacial score (nSPS) is 27.6. The van der Waals surface area contributed by atoms with Crippen molar-refractivity contribution in [3.05, 3.63) is 46.1 Å². The Labute approximate surface area is 161 Å². The lowest BCUT2D eigenvalue weighted by Crippen LogP contribution is -2.76. The molecule has 134 valence electrons. The molecule has 26 heavy (non-hydrogen) atoms. The van der Waals surface area contributed by atoms with Crippen molar-refractivity contribution in [1.82, 2.24) is 10.3 Å². The first kappa shape index (κ1) is 16.5. The Bertz CT molecular complexity index is 1070. The molecule has 0 saturated heterocycles. The molecule has 3 fully saturated rings. The van der Waals surface area contributed by atoms with E-state index in [9.17, 15) is 9.00 Å². The Morgan fingerprint density at radius 1 is 1.31 bits per heavy atom. The number of carbonyl (C=O) groups is 1. The second kappa shape index (κ2) is 5.41. The highest BCUT2D eigenvalue weighted by atomic mass is 35.5. The van der Waals surface area contributed by atoms with Gasteiger partial charge in [0.05, 0.1) is 21.0 Å². The van der Waals surface area contributed by atoms with Gasteiger partial charge in [0.1, 0.15) is 5.01 Å². The van der Waals surface area contributed by atoms with Crippen LogP contribution in [0.2, 0.25) is 5.02 Å². The number of amides is 1. The third-order valence-electron chi connectivity index (χ3n) is 5.30. The third-order valence-corrected chi connectivity index (χ3v) is 7.59. The number of furan rings is 1. The molecule has 3 saturated carbocycles. The molecule has 2 bridgehead atoms. The van der Waals surface area contributed by atoms with Gasteiger partial charge in [-0.15, -0.1) is 11.3 Å².